The zero-order valence-corrected chi connectivity index (χ0v) is 13.8. The maximum Gasteiger partial charge on any atom is 0.345 e. The third-order valence-electron chi connectivity index (χ3n) is 3.88. The van der Waals surface area contributed by atoms with Gasteiger partial charge in [-0.2, -0.15) is 4.31 Å². The highest BCUT2D eigenvalue weighted by molar-refractivity contribution is 7.89. The smallest absolute Gasteiger partial charge is 0.345 e. The normalized spacial score (nSPS) is 20.2. The first kappa shape index (κ1) is 16.4. The quantitative estimate of drug-likeness (QED) is 0.855. The molecule has 8 heteroatoms. The van der Waals surface area contributed by atoms with E-state index in [1.165, 1.54) is 15.8 Å². The molecule has 0 saturated carbocycles. The summed E-state index contributed by atoms with van der Waals surface area (Å²) in [5.74, 6) is -1.09. The minimum absolute atomic E-state index is 0.0491. The van der Waals surface area contributed by atoms with E-state index in [4.69, 9.17) is 5.11 Å². The number of rotatable bonds is 6. The van der Waals surface area contributed by atoms with Crippen LogP contribution < -0.4 is 0 Å². The molecule has 118 valence electrons. The van der Waals surface area contributed by atoms with E-state index in [1.807, 2.05) is 0 Å². The van der Waals surface area contributed by atoms with Crippen molar-refractivity contribution < 1.29 is 18.3 Å². The number of hydrogen-bond acceptors (Lipinski definition) is 5. The molecule has 0 amide bonds. The van der Waals surface area contributed by atoms with Crippen molar-refractivity contribution in [3.05, 3.63) is 16.3 Å². The first-order chi connectivity index (χ1) is 9.90. The molecule has 1 unspecified atom stereocenters. The van der Waals surface area contributed by atoms with Crippen molar-refractivity contribution in [2.45, 2.75) is 31.2 Å². The molecule has 1 aliphatic heterocycles. The van der Waals surface area contributed by atoms with Gasteiger partial charge in [-0.3, -0.25) is 4.90 Å². The van der Waals surface area contributed by atoms with Crippen LogP contribution in [-0.2, 0) is 10.0 Å². The van der Waals surface area contributed by atoms with Crippen molar-refractivity contribution in [3.63, 3.8) is 0 Å². The average Bonchev–Trinajstić information content (AvgIpc) is 3.10. The third-order valence-corrected chi connectivity index (χ3v) is 6.79. The molecule has 0 spiro atoms. The lowest BCUT2D eigenvalue weighted by Crippen LogP contribution is -2.38. The van der Waals surface area contributed by atoms with Gasteiger partial charge in [-0.25, -0.2) is 13.2 Å². The van der Waals surface area contributed by atoms with E-state index in [2.05, 4.69) is 18.7 Å². The second kappa shape index (κ2) is 6.43. The number of likely N-dealkylation sites (N-methyl/N-ethyl adjacent to an activating group) is 1. The highest BCUT2D eigenvalue weighted by Crippen LogP contribution is 2.26. The number of nitrogens with zero attached hydrogens (tertiary/aromatic N) is 2. The van der Waals surface area contributed by atoms with Crippen molar-refractivity contribution in [2.24, 2.45) is 0 Å². The minimum Gasteiger partial charge on any atom is -0.477 e. The minimum atomic E-state index is -3.58. The van der Waals surface area contributed by atoms with Gasteiger partial charge in [-0.1, -0.05) is 13.8 Å². The molecule has 0 radical (unpaired) electrons. The SMILES string of the molecule is CCN(CC)C1CCN(S(=O)(=O)c2csc(C(=O)O)c2)C1. The molecule has 1 aromatic rings. The average molecular weight is 332 g/mol. The van der Waals surface area contributed by atoms with Crippen molar-refractivity contribution in [1.82, 2.24) is 9.21 Å². The molecule has 0 aromatic carbocycles. The second-order valence-electron chi connectivity index (χ2n) is 4.98. The van der Waals surface area contributed by atoms with Gasteiger partial charge in [-0.15, -0.1) is 11.3 Å². The van der Waals surface area contributed by atoms with Gasteiger partial charge in [0.05, 0.1) is 4.90 Å². The van der Waals surface area contributed by atoms with Crippen LogP contribution in [0.5, 0.6) is 0 Å². The molecule has 1 saturated heterocycles. The Balaban J connectivity index is 2.15. The van der Waals surface area contributed by atoms with E-state index < -0.39 is 16.0 Å². The van der Waals surface area contributed by atoms with Gasteiger partial charge in [0.1, 0.15) is 4.88 Å². The number of carboxylic acid groups (broad SMARTS) is 1. The molecule has 0 bridgehead atoms. The summed E-state index contributed by atoms with van der Waals surface area (Å²) in [6, 6.07) is 1.49. The Morgan fingerprint density at radius 1 is 1.48 bits per heavy atom. The lowest BCUT2D eigenvalue weighted by Gasteiger charge is -2.25. The molecule has 6 nitrogen and oxygen atoms in total. The number of hydrogen-bond donors (Lipinski definition) is 1. The summed E-state index contributed by atoms with van der Waals surface area (Å²) in [4.78, 5) is 13.3. The topological polar surface area (TPSA) is 77.9 Å². The van der Waals surface area contributed by atoms with Gasteiger partial charge in [0, 0.05) is 24.5 Å². The van der Waals surface area contributed by atoms with Crippen LogP contribution in [-0.4, -0.2) is 60.9 Å². The lowest BCUT2D eigenvalue weighted by atomic mass is 10.2. The highest BCUT2D eigenvalue weighted by Gasteiger charge is 2.35. The van der Waals surface area contributed by atoms with Gasteiger partial charge in [0.15, 0.2) is 0 Å². The predicted molar refractivity (Wildman–Crippen MR) is 81.4 cm³/mol. The van der Waals surface area contributed by atoms with E-state index in [9.17, 15) is 13.2 Å². The maximum atomic E-state index is 12.5. The fourth-order valence-corrected chi connectivity index (χ4v) is 5.27. The Labute approximate surface area is 129 Å². The standard InChI is InChI=1S/C13H20N2O4S2/c1-3-14(4-2)10-5-6-15(8-10)21(18,19)11-7-12(13(16)17)20-9-11/h7,9-10H,3-6,8H2,1-2H3,(H,16,17). The summed E-state index contributed by atoms with van der Waals surface area (Å²) in [5.41, 5.74) is 0. The third kappa shape index (κ3) is 3.28. The van der Waals surface area contributed by atoms with Crippen LogP contribution >= 0.6 is 11.3 Å². The van der Waals surface area contributed by atoms with Gasteiger partial charge >= 0.3 is 5.97 Å². The van der Waals surface area contributed by atoms with Crippen LogP contribution in [0.1, 0.15) is 29.9 Å². The lowest BCUT2D eigenvalue weighted by molar-refractivity contribution is 0.0702. The number of aromatic carboxylic acids is 1. The largest absolute Gasteiger partial charge is 0.477 e. The number of carboxylic acids is 1. The van der Waals surface area contributed by atoms with E-state index >= 15 is 0 Å². The van der Waals surface area contributed by atoms with Crippen LogP contribution in [0.2, 0.25) is 0 Å². The van der Waals surface area contributed by atoms with E-state index in [-0.39, 0.29) is 15.8 Å². The molecule has 1 N–H and O–H groups in total. The number of carbonyl (C=O) groups is 1. The van der Waals surface area contributed by atoms with Gasteiger partial charge in [0.25, 0.3) is 0 Å². The van der Waals surface area contributed by atoms with Crippen LogP contribution in [0, 0.1) is 0 Å². The Hall–Kier alpha value is -0.960. The first-order valence-corrected chi connectivity index (χ1v) is 9.28. The summed E-state index contributed by atoms with van der Waals surface area (Å²) < 4.78 is 26.5. The first-order valence-electron chi connectivity index (χ1n) is 6.96. The van der Waals surface area contributed by atoms with Crippen LogP contribution in [0.3, 0.4) is 0 Å². The summed E-state index contributed by atoms with van der Waals surface area (Å²) in [6.45, 7) is 6.90. The van der Waals surface area contributed by atoms with E-state index in [0.717, 1.165) is 30.8 Å². The Morgan fingerprint density at radius 3 is 2.67 bits per heavy atom. The van der Waals surface area contributed by atoms with E-state index in [1.54, 1.807) is 0 Å². The molecular weight excluding hydrogens is 312 g/mol. The Kier molecular flexibility index (Phi) is 5.03. The molecule has 1 atom stereocenters. The summed E-state index contributed by atoms with van der Waals surface area (Å²) >= 11 is 0.944. The van der Waals surface area contributed by atoms with Crippen LogP contribution in [0.15, 0.2) is 16.3 Å². The molecule has 1 aliphatic rings. The summed E-state index contributed by atoms with van der Waals surface area (Å²) in [6.07, 6.45) is 0.816. The predicted octanol–water partition coefficient (Wildman–Crippen LogP) is 1.55. The van der Waals surface area contributed by atoms with Gasteiger partial charge < -0.3 is 5.11 Å². The van der Waals surface area contributed by atoms with Crippen molar-refractivity contribution in [3.8, 4) is 0 Å². The number of thiophene rings is 1. The fraction of sp³-hybridized carbons (Fsp3) is 0.615. The summed E-state index contributed by atoms with van der Waals surface area (Å²) in [7, 11) is -3.58. The van der Waals surface area contributed by atoms with Crippen molar-refractivity contribution in [1.29, 1.82) is 0 Å². The van der Waals surface area contributed by atoms with Crippen LogP contribution in [0.4, 0.5) is 0 Å². The molecule has 2 rings (SSSR count). The molecule has 2 heterocycles. The molecular formula is C13H20N2O4S2. The zero-order valence-electron chi connectivity index (χ0n) is 12.2. The zero-order chi connectivity index (χ0) is 15.6. The highest BCUT2D eigenvalue weighted by atomic mass is 32.2. The van der Waals surface area contributed by atoms with Gasteiger partial charge in [-0.05, 0) is 25.6 Å². The summed E-state index contributed by atoms with van der Waals surface area (Å²) in [5, 5.41) is 10.3. The fourth-order valence-electron chi connectivity index (χ4n) is 2.68. The molecule has 1 fully saturated rings. The Morgan fingerprint density at radius 2 is 2.14 bits per heavy atom. The molecule has 21 heavy (non-hydrogen) atoms. The van der Waals surface area contributed by atoms with Crippen molar-refractivity contribution in [2.75, 3.05) is 26.2 Å². The van der Waals surface area contributed by atoms with Gasteiger partial charge in [0.2, 0.25) is 10.0 Å². The maximum absolute atomic E-state index is 12.5. The molecule has 0 aliphatic carbocycles. The Bertz CT molecular complexity index is 607. The van der Waals surface area contributed by atoms with Crippen molar-refractivity contribution >= 4 is 27.3 Å². The molecule has 1 aromatic heterocycles. The number of sulfonamides is 1. The van der Waals surface area contributed by atoms with Crippen LogP contribution in [0.25, 0.3) is 0 Å². The second-order valence-corrected chi connectivity index (χ2v) is 7.83. The monoisotopic (exact) mass is 332 g/mol. The van der Waals surface area contributed by atoms with E-state index in [0.29, 0.717) is 13.1 Å².